The number of pyridine rings is 1. The Morgan fingerprint density at radius 2 is 2.14 bits per heavy atom. The zero-order chi connectivity index (χ0) is 15.4. The molecule has 0 aromatic carbocycles. The van der Waals surface area contributed by atoms with Gasteiger partial charge < -0.3 is 11.1 Å². The van der Waals surface area contributed by atoms with Gasteiger partial charge in [0, 0.05) is 30.6 Å². The summed E-state index contributed by atoms with van der Waals surface area (Å²) in [4.78, 5) is 8.99. The molecule has 0 aliphatic heterocycles. The highest BCUT2D eigenvalue weighted by Gasteiger charge is 2.10. The third-order valence-electron chi connectivity index (χ3n) is 3.46. The van der Waals surface area contributed by atoms with E-state index >= 15 is 0 Å². The molecule has 22 heavy (non-hydrogen) atoms. The molecule has 0 amide bonds. The van der Waals surface area contributed by atoms with Gasteiger partial charge in [-0.15, -0.1) is 0 Å². The highest BCUT2D eigenvalue weighted by molar-refractivity contribution is 5.62. The van der Waals surface area contributed by atoms with Gasteiger partial charge in [0.15, 0.2) is 5.65 Å². The lowest BCUT2D eigenvalue weighted by atomic mass is 10.3. The lowest BCUT2D eigenvalue weighted by molar-refractivity contribution is 0.847. The van der Waals surface area contributed by atoms with Gasteiger partial charge in [-0.3, -0.25) is 4.98 Å². The van der Waals surface area contributed by atoms with Crippen LogP contribution >= 0.6 is 0 Å². The van der Waals surface area contributed by atoms with Crippen molar-refractivity contribution in [3.63, 3.8) is 0 Å². The quantitative estimate of drug-likeness (QED) is 0.681. The van der Waals surface area contributed by atoms with Crippen LogP contribution in [0.2, 0.25) is 0 Å². The first-order valence-corrected chi connectivity index (χ1v) is 7.57. The minimum atomic E-state index is 0.667. The van der Waals surface area contributed by atoms with E-state index in [0.29, 0.717) is 6.54 Å². The number of rotatable bonds is 6. The van der Waals surface area contributed by atoms with Crippen LogP contribution in [0.25, 0.3) is 17.0 Å². The van der Waals surface area contributed by atoms with E-state index in [1.165, 1.54) is 0 Å². The molecule has 6 nitrogen and oxygen atoms in total. The van der Waals surface area contributed by atoms with Crippen LogP contribution in [-0.2, 0) is 6.42 Å². The molecule has 3 N–H and O–H groups in total. The predicted molar refractivity (Wildman–Crippen MR) is 87.8 cm³/mol. The number of nitrogens with zero attached hydrogens (tertiary/aromatic N) is 4. The minimum absolute atomic E-state index is 0.667. The molecule has 3 aromatic rings. The van der Waals surface area contributed by atoms with E-state index in [1.54, 1.807) is 6.20 Å². The van der Waals surface area contributed by atoms with E-state index in [4.69, 9.17) is 5.73 Å². The van der Waals surface area contributed by atoms with E-state index in [2.05, 4.69) is 27.3 Å². The smallest absolute Gasteiger partial charge is 0.158 e. The van der Waals surface area contributed by atoms with Crippen LogP contribution in [0.3, 0.4) is 0 Å². The minimum Gasteiger partial charge on any atom is -0.370 e. The first kappa shape index (κ1) is 14.5. The van der Waals surface area contributed by atoms with E-state index in [0.717, 1.165) is 47.9 Å². The molecule has 0 radical (unpaired) electrons. The molecule has 0 fully saturated rings. The van der Waals surface area contributed by atoms with Gasteiger partial charge in [0.2, 0.25) is 0 Å². The molecule has 0 atom stereocenters. The molecule has 0 aliphatic rings. The number of hydrogen-bond donors (Lipinski definition) is 2. The van der Waals surface area contributed by atoms with Gasteiger partial charge in [0.1, 0.15) is 11.5 Å². The third-order valence-corrected chi connectivity index (χ3v) is 3.46. The summed E-state index contributed by atoms with van der Waals surface area (Å²) in [7, 11) is 0. The van der Waals surface area contributed by atoms with E-state index in [-0.39, 0.29) is 0 Å². The SMILES string of the molecule is CCc1cc(NCCCN)n2nc(-c3ccccn3)cc2n1. The van der Waals surface area contributed by atoms with Gasteiger partial charge >= 0.3 is 0 Å². The molecule has 3 rings (SSSR count). The molecule has 0 unspecified atom stereocenters. The first-order valence-electron chi connectivity index (χ1n) is 7.57. The molecular formula is C16H20N6. The van der Waals surface area contributed by atoms with Gasteiger partial charge in [-0.05, 0) is 31.5 Å². The fraction of sp³-hybridized carbons (Fsp3) is 0.312. The second-order valence-corrected chi connectivity index (χ2v) is 5.07. The largest absolute Gasteiger partial charge is 0.370 e. The Morgan fingerprint density at radius 3 is 2.86 bits per heavy atom. The van der Waals surface area contributed by atoms with Crippen molar-refractivity contribution in [2.24, 2.45) is 5.73 Å². The highest BCUT2D eigenvalue weighted by Crippen LogP contribution is 2.20. The Morgan fingerprint density at radius 1 is 1.23 bits per heavy atom. The molecule has 0 saturated heterocycles. The molecule has 0 bridgehead atoms. The monoisotopic (exact) mass is 296 g/mol. The maximum Gasteiger partial charge on any atom is 0.158 e. The summed E-state index contributed by atoms with van der Waals surface area (Å²) in [6, 6.07) is 9.81. The lowest BCUT2D eigenvalue weighted by Gasteiger charge is -2.09. The molecule has 6 heteroatoms. The molecule has 114 valence electrons. The Hall–Kier alpha value is -2.47. The summed E-state index contributed by atoms with van der Waals surface area (Å²) in [6.45, 7) is 3.58. The van der Waals surface area contributed by atoms with Crippen LogP contribution in [0, 0.1) is 0 Å². The van der Waals surface area contributed by atoms with Crippen LogP contribution in [0.4, 0.5) is 5.82 Å². The number of aryl methyl sites for hydroxylation is 1. The van der Waals surface area contributed by atoms with Crippen molar-refractivity contribution < 1.29 is 0 Å². The Balaban J connectivity index is 2.03. The average molecular weight is 296 g/mol. The van der Waals surface area contributed by atoms with Crippen LogP contribution in [0.1, 0.15) is 19.0 Å². The lowest BCUT2D eigenvalue weighted by Crippen LogP contribution is -2.12. The summed E-state index contributed by atoms with van der Waals surface area (Å²) in [5.41, 5.74) is 9.09. The third kappa shape index (κ3) is 2.92. The zero-order valence-corrected chi connectivity index (χ0v) is 12.7. The van der Waals surface area contributed by atoms with Crippen molar-refractivity contribution >= 4 is 11.5 Å². The normalized spacial score (nSPS) is 11.0. The van der Waals surface area contributed by atoms with Crippen molar-refractivity contribution in [3.8, 4) is 11.4 Å². The maximum absolute atomic E-state index is 5.56. The van der Waals surface area contributed by atoms with Gasteiger partial charge in [-0.25, -0.2) is 4.98 Å². The van der Waals surface area contributed by atoms with Gasteiger partial charge in [0.05, 0.1) is 5.69 Å². The summed E-state index contributed by atoms with van der Waals surface area (Å²) in [5, 5.41) is 8.02. The molecule has 0 saturated carbocycles. The first-order chi connectivity index (χ1) is 10.8. The molecular weight excluding hydrogens is 276 g/mol. The Kier molecular flexibility index (Phi) is 4.29. The van der Waals surface area contributed by atoms with E-state index in [1.807, 2.05) is 34.8 Å². The van der Waals surface area contributed by atoms with E-state index in [9.17, 15) is 0 Å². The second-order valence-electron chi connectivity index (χ2n) is 5.07. The summed E-state index contributed by atoms with van der Waals surface area (Å²) < 4.78 is 1.83. The standard InChI is InChI=1S/C16H20N6/c1-2-12-10-15(19-9-5-7-17)22-16(20-12)11-14(21-22)13-6-3-4-8-18-13/h3-4,6,8,10-11,19H,2,5,7,9,17H2,1H3. The number of hydrogen-bond acceptors (Lipinski definition) is 5. The van der Waals surface area contributed by atoms with E-state index < -0.39 is 0 Å². The fourth-order valence-corrected chi connectivity index (χ4v) is 2.29. The number of fused-ring (bicyclic) bond motifs is 1. The van der Waals surface area contributed by atoms with Crippen LogP contribution in [-0.4, -0.2) is 32.7 Å². The second kappa shape index (κ2) is 6.53. The molecule has 0 spiro atoms. The van der Waals surface area contributed by atoms with Gasteiger partial charge in [0.25, 0.3) is 0 Å². The number of anilines is 1. The average Bonchev–Trinajstić information content (AvgIpc) is 3.00. The van der Waals surface area contributed by atoms with Crippen molar-refractivity contribution in [1.82, 2.24) is 19.6 Å². The Labute approximate surface area is 129 Å². The summed E-state index contributed by atoms with van der Waals surface area (Å²) in [5.74, 6) is 0.942. The van der Waals surface area contributed by atoms with Crippen molar-refractivity contribution in [1.29, 1.82) is 0 Å². The number of nitrogens with two attached hydrogens (primary N) is 1. The molecule has 3 aromatic heterocycles. The topological polar surface area (TPSA) is 81.1 Å². The van der Waals surface area contributed by atoms with Crippen LogP contribution < -0.4 is 11.1 Å². The van der Waals surface area contributed by atoms with Crippen LogP contribution in [0.15, 0.2) is 36.5 Å². The highest BCUT2D eigenvalue weighted by atomic mass is 15.3. The maximum atomic E-state index is 5.56. The molecule has 0 aliphatic carbocycles. The van der Waals surface area contributed by atoms with Crippen molar-refractivity contribution in [2.75, 3.05) is 18.4 Å². The van der Waals surface area contributed by atoms with Crippen LogP contribution in [0.5, 0.6) is 0 Å². The van der Waals surface area contributed by atoms with Crippen molar-refractivity contribution in [2.45, 2.75) is 19.8 Å². The van der Waals surface area contributed by atoms with Gasteiger partial charge in [-0.1, -0.05) is 13.0 Å². The zero-order valence-electron chi connectivity index (χ0n) is 12.7. The van der Waals surface area contributed by atoms with Gasteiger partial charge in [-0.2, -0.15) is 9.61 Å². The Bertz CT molecular complexity index is 750. The number of nitrogens with one attached hydrogen (secondary N) is 1. The summed E-state index contributed by atoms with van der Waals surface area (Å²) in [6.07, 6.45) is 3.57. The summed E-state index contributed by atoms with van der Waals surface area (Å²) >= 11 is 0. The number of aromatic nitrogens is 4. The molecule has 3 heterocycles. The predicted octanol–water partition coefficient (Wildman–Crippen LogP) is 2.11. The van der Waals surface area contributed by atoms with Crippen molar-refractivity contribution in [3.05, 3.63) is 42.2 Å². The fourth-order valence-electron chi connectivity index (χ4n) is 2.29.